The maximum absolute atomic E-state index is 14.0. The van der Waals surface area contributed by atoms with Crippen molar-refractivity contribution < 1.29 is 13.9 Å². The van der Waals surface area contributed by atoms with E-state index in [1.807, 2.05) is 6.08 Å². The summed E-state index contributed by atoms with van der Waals surface area (Å²) in [6, 6.07) is 1.65. The Balaban J connectivity index is 2.26. The second-order valence-electron chi connectivity index (χ2n) is 4.49. The third kappa shape index (κ3) is 2.42. The SMILES string of the molecule is COc1nccc(C2=CCC(C(C)=O)CC2)c1F. The summed E-state index contributed by atoms with van der Waals surface area (Å²) in [6.07, 6.45) is 5.68. The van der Waals surface area contributed by atoms with Gasteiger partial charge in [-0.1, -0.05) is 6.08 Å². The quantitative estimate of drug-likeness (QED) is 0.826. The van der Waals surface area contributed by atoms with E-state index in [0.29, 0.717) is 18.4 Å². The van der Waals surface area contributed by atoms with E-state index in [2.05, 4.69) is 4.98 Å². The van der Waals surface area contributed by atoms with E-state index in [1.165, 1.54) is 13.3 Å². The van der Waals surface area contributed by atoms with Crippen molar-refractivity contribution in [3.05, 3.63) is 29.7 Å². The molecule has 0 fully saturated rings. The van der Waals surface area contributed by atoms with Crippen LogP contribution in [0.15, 0.2) is 18.3 Å². The largest absolute Gasteiger partial charge is 0.479 e. The van der Waals surface area contributed by atoms with Gasteiger partial charge in [0.15, 0.2) is 5.82 Å². The Morgan fingerprint density at radius 3 is 2.89 bits per heavy atom. The Morgan fingerprint density at radius 1 is 1.56 bits per heavy atom. The molecule has 1 aliphatic carbocycles. The van der Waals surface area contributed by atoms with E-state index >= 15 is 0 Å². The van der Waals surface area contributed by atoms with E-state index in [4.69, 9.17) is 4.74 Å². The molecule has 1 aromatic heterocycles. The molecule has 0 aliphatic heterocycles. The number of rotatable bonds is 3. The van der Waals surface area contributed by atoms with Crippen LogP contribution in [0, 0.1) is 11.7 Å². The number of aromatic nitrogens is 1. The first-order valence-electron chi connectivity index (χ1n) is 6.01. The van der Waals surface area contributed by atoms with Crippen molar-refractivity contribution in [1.82, 2.24) is 4.98 Å². The molecule has 0 spiro atoms. The lowest BCUT2D eigenvalue weighted by Gasteiger charge is -2.20. The van der Waals surface area contributed by atoms with Crippen LogP contribution >= 0.6 is 0 Å². The molecular formula is C14H16FNO2. The van der Waals surface area contributed by atoms with Crippen LogP contribution in [0.5, 0.6) is 5.88 Å². The molecule has 4 heteroatoms. The third-order valence-corrected chi connectivity index (χ3v) is 3.38. The van der Waals surface area contributed by atoms with Gasteiger partial charge in [-0.25, -0.2) is 9.37 Å². The highest BCUT2D eigenvalue weighted by Crippen LogP contribution is 2.33. The minimum absolute atomic E-state index is 0.0158. The number of nitrogens with zero attached hydrogens (tertiary/aromatic N) is 1. The molecule has 1 aromatic rings. The Kier molecular flexibility index (Phi) is 3.75. The van der Waals surface area contributed by atoms with Crippen molar-refractivity contribution in [2.75, 3.05) is 7.11 Å². The number of ether oxygens (including phenoxy) is 1. The first-order valence-corrected chi connectivity index (χ1v) is 6.01. The maximum Gasteiger partial charge on any atom is 0.250 e. The number of halogens is 1. The lowest BCUT2D eigenvalue weighted by atomic mass is 9.85. The zero-order valence-electron chi connectivity index (χ0n) is 10.6. The molecule has 1 aliphatic rings. The summed E-state index contributed by atoms with van der Waals surface area (Å²) in [4.78, 5) is 15.1. The van der Waals surface area contributed by atoms with Gasteiger partial charge in [0, 0.05) is 17.7 Å². The van der Waals surface area contributed by atoms with E-state index < -0.39 is 5.82 Å². The molecule has 3 nitrogen and oxygen atoms in total. The first-order chi connectivity index (χ1) is 8.63. The van der Waals surface area contributed by atoms with Gasteiger partial charge in [-0.15, -0.1) is 0 Å². The fourth-order valence-corrected chi connectivity index (χ4v) is 2.26. The average molecular weight is 249 g/mol. The molecule has 0 radical (unpaired) electrons. The number of carbonyl (C=O) groups excluding carboxylic acids is 1. The first kappa shape index (κ1) is 12.7. The minimum Gasteiger partial charge on any atom is -0.479 e. The van der Waals surface area contributed by atoms with E-state index in [9.17, 15) is 9.18 Å². The normalized spacial score (nSPS) is 19.3. The van der Waals surface area contributed by atoms with Crippen molar-refractivity contribution in [3.63, 3.8) is 0 Å². The van der Waals surface area contributed by atoms with Crippen LogP contribution in [0.25, 0.3) is 5.57 Å². The Bertz CT molecular complexity index is 497. The molecule has 96 valence electrons. The zero-order chi connectivity index (χ0) is 13.1. The Hall–Kier alpha value is -1.71. The molecule has 18 heavy (non-hydrogen) atoms. The summed E-state index contributed by atoms with van der Waals surface area (Å²) < 4.78 is 18.9. The molecule has 0 amide bonds. The summed E-state index contributed by atoms with van der Waals surface area (Å²) in [7, 11) is 1.40. The third-order valence-electron chi connectivity index (χ3n) is 3.38. The lowest BCUT2D eigenvalue weighted by molar-refractivity contribution is -0.120. The predicted molar refractivity (Wildman–Crippen MR) is 66.7 cm³/mol. The molecule has 0 bridgehead atoms. The van der Waals surface area contributed by atoms with Gasteiger partial charge in [-0.2, -0.15) is 0 Å². The second-order valence-corrected chi connectivity index (χ2v) is 4.49. The Morgan fingerprint density at radius 2 is 2.33 bits per heavy atom. The molecule has 1 atom stereocenters. The van der Waals surface area contributed by atoms with E-state index in [0.717, 1.165) is 12.0 Å². The molecular weight excluding hydrogens is 233 g/mol. The maximum atomic E-state index is 14.0. The van der Waals surface area contributed by atoms with Crippen LogP contribution in [0.2, 0.25) is 0 Å². The van der Waals surface area contributed by atoms with Crippen molar-refractivity contribution in [1.29, 1.82) is 0 Å². The van der Waals surface area contributed by atoms with Crippen molar-refractivity contribution in [2.45, 2.75) is 26.2 Å². The highest BCUT2D eigenvalue weighted by Gasteiger charge is 2.21. The second kappa shape index (κ2) is 5.29. The van der Waals surface area contributed by atoms with Gasteiger partial charge in [0.25, 0.3) is 5.88 Å². The molecule has 0 saturated heterocycles. The van der Waals surface area contributed by atoms with Gasteiger partial charge in [0.05, 0.1) is 7.11 Å². The fraction of sp³-hybridized carbons (Fsp3) is 0.429. The van der Waals surface area contributed by atoms with Gasteiger partial charge < -0.3 is 4.74 Å². The predicted octanol–water partition coefficient (Wildman–Crippen LogP) is 3.00. The number of Topliss-reactive ketones (excluding diaryl/α,β-unsaturated/α-hetero) is 1. The number of hydrogen-bond acceptors (Lipinski definition) is 3. The van der Waals surface area contributed by atoms with Gasteiger partial charge in [-0.3, -0.25) is 4.79 Å². The topological polar surface area (TPSA) is 39.2 Å². The number of methoxy groups -OCH3 is 1. The van der Waals surface area contributed by atoms with E-state index in [-0.39, 0.29) is 17.6 Å². The standard InChI is InChI=1S/C14H16FNO2/c1-9(17)10-3-5-11(6-4-10)12-7-8-16-14(18-2)13(12)15/h5,7-8,10H,3-4,6H2,1-2H3. The summed E-state index contributed by atoms with van der Waals surface area (Å²) in [5.74, 6) is -0.117. The summed E-state index contributed by atoms with van der Waals surface area (Å²) in [5.41, 5.74) is 1.47. The molecule has 2 rings (SSSR count). The fourth-order valence-electron chi connectivity index (χ4n) is 2.26. The van der Waals surface area contributed by atoms with Gasteiger partial charge in [0.1, 0.15) is 5.78 Å². The molecule has 1 unspecified atom stereocenters. The summed E-state index contributed by atoms with van der Waals surface area (Å²) in [5, 5.41) is 0. The van der Waals surface area contributed by atoms with Crippen LogP contribution in [0.1, 0.15) is 31.7 Å². The van der Waals surface area contributed by atoms with Crippen LogP contribution in [-0.2, 0) is 4.79 Å². The number of pyridine rings is 1. The van der Waals surface area contributed by atoms with Gasteiger partial charge in [-0.05, 0) is 37.8 Å². The average Bonchev–Trinajstić information content (AvgIpc) is 2.39. The molecule has 0 N–H and O–H groups in total. The van der Waals surface area contributed by atoms with Crippen LogP contribution in [0.3, 0.4) is 0 Å². The Labute approximate surface area is 106 Å². The van der Waals surface area contributed by atoms with Gasteiger partial charge >= 0.3 is 0 Å². The van der Waals surface area contributed by atoms with Gasteiger partial charge in [0.2, 0.25) is 0 Å². The monoisotopic (exact) mass is 249 g/mol. The number of hydrogen-bond donors (Lipinski definition) is 0. The lowest BCUT2D eigenvalue weighted by Crippen LogP contribution is -2.13. The highest BCUT2D eigenvalue weighted by molar-refractivity contribution is 5.80. The van der Waals surface area contributed by atoms with E-state index in [1.54, 1.807) is 13.0 Å². The van der Waals surface area contributed by atoms with Crippen LogP contribution in [-0.4, -0.2) is 17.9 Å². The number of allylic oxidation sites excluding steroid dienone is 2. The molecule has 0 aromatic carbocycles. The smallest absolute Gasteiger partial charge is 0.250 e. The highest BCUT2D eigenvalue weighted by atomic mass is 19.1. The van der Waals surface area contributed by atoms with Crippen molar-refractivity contribution in [3.8, 4) is 5.88 Å². The number of ketones is 1. The zero-order valence-corrected chi connectivity index (χ0v) is 10.6. The molecule has 1 heterocycles. The molecule has 0 saturated carbocycles. The minimum atomic E-state index is -0.424. The summed E-state index contributed by atoms with van der Waals surface area (Å²) >= 11 is 0. The van der Waals surface area contributed by atoms with Crippen LogP contribution < -0.4 is 4.74 Å². The van der Waals surface area contributed by atoms with Crippen LogP contribution in [0.4, 0.5) is 4.39 Å². The summed E-state index contributed by atoms with van der Waals surface area (Å²) in [6.45, 7) is 1.61. The van der Waals surface area contributed by atoms with Crippen molar-refractivity contribution >= 4 is 11.4 Å². The number of carbonyl (C=O) groups is 1. The van der Waals surface area contributed by atoms with Crippen molar-refractivity contribution in [2.24, 2.45) is 5.92 Å².